The molecule has 2 aromatic rings. The van der Waals surface area contributed by atoms with Gasteiger partial charge in [-0.05, 0) is 5.56 Å². The molecule has 1 unspecified atom stereocenters. The van der Waals surface area contributed by atoms with E-state index in [0.29, 0.717) is 22.7 Å². The molecule has 0 aliphatic heterocycles. The Morgan fingerprint density at radius 1 is 1.05 bits per heavy atom. The number of hydrogen-bond acceptors (Lipinski definition) is 4. The third-order valence-corrected chi connectivity index (χ3v) is 3.04. The van der Waals surface area contributed by atoms with Crippen LogP contribution in [0, 0.1) is 0 Å². The van der Waals surface area contributed by atoms with Crippen molar-refractivity contribution >= 4 is 11.7 Å². The first-order valence-electron chi connectivity index (χ1n) is 6.41. The molecule has 2 aromatic carbocycles. The van der Waals surface area contributed by atoms with Crippen LogP contribution < -0.4 is 14.8 Å². The van der Waals surface area contributed by atoms with Crippen LogP contribution in [0.25, 0.3) is 0 Å². The number of hydrogen-bond donors (Lipinski definition) is 2. The van der Waals surface area contributed by atoms with Gasteiger partial charge >= 0.3 is 5.97 Å². The topological polar surface area (TPSA) is 67.8 Å². The first kappa shape index (κ1) is 14.7. The fourth-order valence-corrected chi connectivity index (χ4v) is 1.99. The smallest absolute Gasteiger partial charge is 0.330 e. The highest BCUT2D eigenvalue weighted by molar-refractivity contribution is 5.79. The predicted molar refractivity (Wildman–Crippen MR) is 80.0 cm³/mol. The average Bonchev–Trinajstić information content (AvgIpc) is 2.52. The average molecular weight is 287 g/mol. The molecule has 0 saturated heterocycles. The molecule has 0 fully saturated rings. The second-order valence-corrected chi connectivity index (χ2v) is 4.43. The Kier molecular flexibility index (Phi) is 4.66. The monoisotopic (exact) mass is 287 g/mol. The van der Waals surface area contributed by atoms with Gasteiger partial charge in [-0.25, -0.2) is 4.79 Å². The third kappa shape index (κ3) is 3.66. The first-order valence-corrected chi connectivity index (χ1v) is 6.41. The van der Waals surface area contributed by atoms with Crippen LogP contribution in [-0.4, -0.2) is 25.3 Å². The number of carboxylic acids is 1. The molecular weight excluding hydrogens is 270 g/mol. The standard InChI is InChI=1S/C16H17NO4/c1-20-13-8-12(9-14(10-13)21-2)17-15(16(18)19)11-6-4-3-5-7-11/h3-10,15,17H,1-2H3,(H,18,19). The molecule has 0 radical (unpaired) electrons. The van der Waals surface area contributed by atoms with Crippen molar-refractivity contribution in [1.29, 1.82) is 0 Å². The molecule has 21 heavy (non-hydrogen) atoms. The first-order chi connectivity index (χ1) is 10.1. The Bertz CT molecular complexity index is 591. The molecule has 0 spiro atoms. The van der Waals surface area contributed by atoms with Crippen molar-refractivity contribution in [2.45, 2.75) is 6.04 Å². The van der Waals surface area contributed by atoms with Gasteiger partial charge < -0.3 is 19.9 Å². The van der Waals surface area contributed by atoms with Gasteiger partial charge in [0.1, 0.15) is 11.5 Å². The van der Waals surface area contributed by atoms with E-state index in [9.17, 15) is 9.90 Å². The van der Waals surface area contributed by atoms with Crippen LogP contribution in [0.5, 0.6) is 11.5 Å². The highest BCUT2D eigenvalue weighted by atomic mass is 16.5. The number of aliphatic carboxylic acids is 1. The largest absolute Gasteiger partial charge is 0.497 e. The number of carbonyl (C=O) groups is 1. The van der Waals surface area contributed by atoms with Gasteiger partial charge in [0.15, 0.2) is 6.04 Å². The summed E-state index contributed by atoms with van der Waals surface area (Å²) in [6.07, 6.45) is 0. The number of benzene rings is 2. The molecule has 0 aliphatic carbocycles. The van der Waals surface area contributed by atoms with Gasteiger partial charge in [-0.15, -0.1) is 0 Å². The lowest BCUT2D eigenvalue weighted by Gasteiger charge is -2.17. The van der Waals surface area contributed by atoms with Gasteiger partial charge in [-0.3, -0.25) is 0 Å². The predicted octanol–water partition coefficient (Wildman–Crippen LogP) is 2.94. The summed E-state index contributed by atoms with van der Waals surface area (Å²) >= 11 is 0. The van der Waals surface area contributed by atoms with Crippen LogP contribution in [-0.2, 0) is 4.79 Å². The van der Waals surface area contributed by atoms with E-state index in [4.69, 9.17) is 9.47 Å². The normalized spacial score (nSPS) is 11.5. The van der Waals surface area contributed by atoms with E-state index < -0.39 is 12.0 Å². The second kappa shape index (κ2) is 6.65. The van der Waals surface area contributed by atoms with E-state index in [-0.39, 0.29) is 0 Å². The number of methoxy groups -OCH3 is 2. The highest BCUT2D eigenvalue weighted by Crippen LogP contribution is 2.28. The zero-order valence-electron chi connectivity index (χ0n) is 11.9. The molecule has 1 atom stereocenters. The fourth-order valence-electron chi connectivity index (χ4n) is 1.99. The zero-order valence-corrected chi connectivity index (χ0v) is 11.9. The van der Waals surface area contributed by atoms with Crippen molar-refractivity contribution in [3.05, 3.63) is 54.1 Å². The Morgan fingerprint density at radius 3 is 2.10 bits per heavy atom. The quantitative estimate of drug-likeness (QED) is 0.855. The lowest BCUT2D eigenvalue weighted by Crippen LogP contribution is -2.20. The van der Waals surface area contributed by atoms with E-state index in [2.05, 4.69) is 5.32 Å². The maximum Gasteiger partial charge on any atom is 0.330 e. The summed E-state index contributed by atoms with van der Waals surface area (Å²) in [5, 5.41) is 12.4. The second-order valence-electron chi connectivity index (χ2n) is 4.43. The molecule has 5 nitrogen and oxygen atoms in total. The van der Waals surface area contributed by atoms with Gasteiger partial charge in [-0.1, -0.05) is 30.3 Å². The van der Waals surface area contributed by atoms with Crippen molar-refractivity contribution in [3.63, 3.8) is 0 Å². The minimum atomic E-state index is -0.956. The maximum absolute atomic E-state index is 11.5. The number of carboxylic acid groups (broad SMARTS) is 1. The van der Waals surface area contributed by atoms with E-state index in [1.807, 2.05) is 6.07 Å². The number of nitrogens with one attached hydrogen (secondary N) is 1. The number of ether oxygens (including phenoxy) is 2. The van der Waals surface area contributed by atoms with Crippen molar-refractivity contribution < 1.29 is 19.4 Å². The fraction of sp³-hybridized carbons (Fsp3) is 0.188. The van der Waals surface area contributed by atoms with Gasteiger partial charge in [0, 0.05) is 23.9 Å². The third-order valence-electron chi connectivity index (χ3n) is 3.04. The molecule has 110 valence electrons. The van der Waals surface area contributed by atoms with Crippen molar-refractivity contribution in [2.75, 3.05) is 19.5 Å². The highest BCUT2D eigenvalue weighted by Gasteiger charge is 2.19. The van der Waals surface area contributed by atoms with Crippen LogP contribution in [0.4, 0.5) is 5.69 Å². The van der Waals surface area contributed by atoms with Gasteiger partial charge in [0.05, 0.1) is 14.2 Å². The minimum Gasteiger partial charge on any atom is -0.497 e. The lowest BCUT2D eigenvalue weighted by atomic mass is 10.1. The Morgan fingerprint density at radius 2 is 1.62 bits per heavy atom. The molecule has 5 heteroatoms. The molecule has 0 saturated carbocycles. The Labute approximate surface area is 123 Å². The van der Waals surface area contributed by atoms with E-state index in [1.54, 1.807) is 56.7 Å². The molecule has 0 aromatic heterocycles. The summed E-state index contributed by atoms with van der Waals surface area (Å²) in [7, 11) is 3.09. The van der Waals surface area contributed by atoms with Gasteiger partial charge in [-0.2, -0.15) is 0 Å². The van der Waals surface area contributed by atoms with Gasteiger partial charge in [0.25, 0.3) is 0 Å². The molecular formula is C16H17NO4. The molecule has 0 heterocycles. The summed E-state index contributed by atoms with van der Waals surface area (Å²) in [6, 6.07) is 13.3. The SMILES string of the molecule is COc1cc(NC(C(=O)O)c2ccccc2)cc(OC)c1. The summed E-state index contributed by atoms with van der Waals surface area (Å²) in [5.74, 6) is 0.228. The minimum absolute atomic E-state index is 0.592. The number of anilines is 1. The molecule has 2 rings (SSSR count). The van der Waals surface area contributed by atoms with Crippen LogP contribution in [0.15, 0.2) is 48.5 Å². The van der Waals surface area contributed by atoms with Crippen LogP contribution in [0.3, 0.4) is 0 Å². The summed E-state index contributed by atoms with van der Waals surface area (Å²) in [5.41, 5.74) is 1.29. The van der Waals surface area contributed by atoms with Crippen molar-refractivity contribution in [1.82, 2.24) is 0 Å². The van der Waals surface area contributed by atoms with Crippen molar-refractivity contribution in [3.8, 4) is 11.5 Å². The molecule has 2 N–H and O–H groups in total. The van der Waals surface area contributed by atoms with E-state index >= 15 is 0 Å². The summed E-state index contributed by atoms with van der Waals surface area (Å²) < 4.78 is 10.4. The van der Waals surface area contributed by atoms with Crippen LogP contribution in [0.1, 0.15) is 11.6 Å². The van der Waals surface area contributed by atoms with E-state index in [0.717, 1.165) is 0 Å². The summed E-state index contributed by atoms with van der Waals surface area (Å²) in [4.78, 5) is 11.5. The van der Waals surface area contributed by atoms with Gasteiger partial charge in [0.2, 0.25) is 0 Å². The van der Waals surface area contributed by atoms with E-state index in [1.165, 1.54) is 0 Å². The maximum atomic E-state index is 11.5. The molecule has 0 amide bonds. The lowest BCUT2D eigenvalue weighted by molar-refractivity contribution is -0.138. The zero-order chi connectivity index (χ0) is 15.2. The Hall–Kier alpha value is -2.69. The van der Waals surface area contributed by atoms with Crippen molar-refractivity contribution in [2.24, 2.45) is 0 Å². The molecule has 0 aliphatic rings. The Balaban J connectivity index is 2.31. The molecule has 0 bridgehead atoms. The summed E-state index contributed by atoms with van der Waals surface area (Å²) in [6.45, 7) is 0. The van der Waals surface area contributed by atoms with Crippen LogP contribution >= 0.6 is 0 Å². The number of rotatable bonds is 6. The van der Waals surface area contributed by atoms with Crippen LogP contribution in [0.2, 0.25) is 0 Å².